The Morgan fingerprint density at radius 3 is 2.79 bits per heavy atom. The largest absolute Gasteiger partial charge is 0.389 e. The molecule has 0 fully saturated rings. The minimum Gasteiger partial charge on any atom is -0.389 e. The molecule has 19 heavy (non-hydrogen) atoms. The quantitative estimate of drug-likeness (QED) is 0.602. The van der Waals surface area contributed by atoms with Gasteiger partial charge >= 0.3 is 5.69 Å². The Balaban J connectivity index is 2.64. The maximum absolute atomic E-state index is 12.2. The first-order valence-corrected chi connectivity index (χ1v) is 5.58. The molecule has 9 nitrogen and oxygen atoms in total. The van der Waals surface area contributed by atoms with Crippen molar-refractivity contribution in [3.63, 3.8) is 0 Å². The fraction of sp³-hybridized carbons (Fsp3) is 0.500. The highest BCUT2D eigenvalue weighted by Gasteiger charge is 2.17. The van der Waals surface area contributed by atoms with Gasteiger partial charge in [-0.25, -0.2) is 15.7 Å². The lowest BCUT2D eigenvalue weighted by molar-refractivity contribution is 0.0266. The maximum Gasteiger partial charge on any atom is 0.332 e. The van der Waals surface area contributed by atoms with Crippen LogP contribution in [0, 0.1) is 0 Å². The zero-order valence-corrected chi connectivity index (χ0v) is 10.6. The molecule has 2 heterocycles. The maximum atomic E-state index is 12.2. The molecule has 1 unspecified atom stereocenters. The van der Waals surface area contributed by atoms with E-state index in [0.29, 0.717) is 11.2 Å². The van der Waals surface area contributed by atoms with Gasteiger partial charge in [0.15, 0.2) is 11.2 Å². The van der Waals surface area contributed by atoms with Crippen molar-refractivity contribution in [1.82, 2.24) is 18.7 Å². The van der Waals surface area contributed by atoms with Gasteiger partial charge in [0.2, 0.25) is 0 Å². The highest BCUT2D eigenvalue weighted by atomic mass is 16.6. The van der Waals surface area contributed by atoms with Gasteiger partial charge in [-0.05, 0) is 0 Å². The number of aliphatic hydroxyl groups excluding tert-OH is 1. The fourth-order valence-corrected chi connectivity index (χ4v) is 1.93. The summed E-state index contributed by atoms with van der Waals surface area (Å²) >= 11 is 0. The molecule has 0 aliphatic carbocycles. The van der Waals surface area contributed by atoms with Crippen LogP contribution in [-0.4, -0.2) is 36.5 Å². The number of hydrogen-bond donors (Lipinski definition) is 2. The third-order valence-corrected chi connectivity index (χ3v) is 2.88. The van der Waals surface area contributed by atoms with E-state index in [4.69, 9.17) is 5.90 Å². The number of hydrogen-bond acceptors (Lipinski definition) is 6. The summed E-state index contributed by atoms with van der Waals surface area (Å²) < 4.78 is 3.72. The van der Waals surface area contributed by atoms with E-state index >= 15 is 0 Å². The summed E-state index contributed by atoms with van der Waals surface area (Å²) in [5.74, 6) is 4.84. The lowest BCUT2D eigenvalue weighted by Crippen LogP contribution is -2.43. The highest BCUT2D eigenvalue weighted by molar-refractivity contribution is 5.69. The standard InChI is InChI=1S/C10H15N5O4/c1-13-5-12-8-7(13)9(17)15(10(18)14(8)2)3-6(16)4-19-11/h5-6,16H,3-4,11H2,1-2H3. The predicted octanol–water partition coefficient (Wildman–Crippen LogP) is -2.32. The number of fused-ring (bicyclic) bond motifs is 1. The third kappa shape index (κ3) is 2.18. The van der Waals surface area contributed by atoms with Crippen LogP contribution in [0.4, 0.5) is 0 Å². The molecule has 0 radical (unpaired) electrons. The number of aliphatic hydroxyl groups is 1. The summed E-state index contributed by atoms with van der Waals surface area (Å²) in [6, 6.07) is 0. The van der Waals surface area contributed by atoms with E-state index in [1.165, 1.54) is 22.5 Å². The van der Waals surface area contributed by atoms with Crippen LogP contribution < -0.4 is 17.1 Å². The lowest BCUT2D eigenvalue weighted by atomic mass is 10.3. The number of aromatic nitrogens is 4. The first kappa shape index (κ1) is 13.5. The van der Waals surface area contributed by atoms with Crippen LogP contribution in [0.15, 0.2) is 15.9 Å². The van der Waals surface area contributed by atoms with Gasteiger partial charge in [-0.15, -0.1) is 0 Å². The second kappa shape index (κ2) is 4.96. The zero-order valence-electron chi connectivity index (χ0n) is 10.6. The molecule has 0 bridgehead atoms. The Bertz CT molecular complexity index is 713. The van der Waals surface area contributed by atoms with E-state index in [1.54, 1.807) is 7.05 Å². The number of aryl methyl sites for hydroxylation is 2. The Labute approximate surface area is 107 Å². The Morgan fingerprint density at radius 1 is 1.47 bits per heavy atom. The Hall–Kier alpha value is -1.97. The molecule has 0 aromatic carbocycles. The van der Waals surface area contributed by atoms with Gasteiger partial charge < -0.3 is 14.5 Å². The topological polar surface area (TPSA) is 117 Å². The van der Waals surface area contributed by atoms with Crippen LogP contribution in [0.1, 0.15) is 0 Å². The van der Waals surface area contributed by atoms with Crippen LogP contribution in [0.3, 0.4) is 0 Å². The lowest BCUT2D eigenvalue weighted by Gasteiger charge is -2.12. The van der Waals surface area contributed by atoms with Gasteiger partial charge in [0.05, 0.1) is 25.6 Å². The Kier molecular flexibility index (Phi) is 3.51. The molecule has 2 rings (SSSR count). The SMILES string of the molecule is Cn1cnc2c1c(=O)n(CC(O)CON)c(=O)n2C. The highest BCUT2D eigenvalue weighted by Crippen LogP contribution is 2.03. The summed E-state index contributed by atoms with van der Waals surface area (Å²) in [7, 11) is 3.17. The number of nitrogens with zero attached hydrogens (tertiary/aromatic N) is 4. The van der Waals surface area contributed by atoms with Crippen molar-refractivity contribution in [2.75, 3.05) is 6.61 Å². The monoisotopic (exact) mass is 269 g/mol. The van der Waals surface area contributed by atoms with Crippen molar-refractivity contribution in [3.8, 4) is 0 Å². The molecule has 2 aromatic heterocycles. The average Bonchev–Trinajstić information content (AvgIpc) is 2.74. The molecule has 0 saturated carbocycles. The van der Waals surface area contributed by atoms with Crippen LogP contribution >= 0.6 is 0 Å². The first-order chi connectivity index (χ1) is 8.97. The molecule has 0 saturated heterocycles. The van der Waals surface area contributed by atoms with Crippen LogP contribution in [0.5, 0.6) is 0 Å². The molecular weight excluding hydrogens is 254 g/mol. The molecular formula is C10H15N5O4. The van der Waals surface area contributed by atoms with Gasteiger partial charge in [0.25, 0.3) is 5.56 Å². The molecule has 1 atom stereocenters. The third-order valence-electron chi connectivity index (χ3n) is 2.88. The first-order valence-electron chi connectivity index (χ1n) is 5.58. The second-order valence-electron chi connectivity index (χ2n) is 4.27. The van der Waals surface area contributed by atoms with E-state index in [2.05, 4.69) is 9.82 Å². The van der Waals surface area contributed by atoms with Gasteiger partial charge in [0, 0.05) is 14.1 Å². The molecule has 0 aliphatic rings. The average molecular weight is 269 g/mol. The molecule has 0 spiro atoms. The van der Waals surface area contributed by atoms with Crippen LogP contribution in [-0.2, 0) is 25.5 Å². The fourth-order valence-electron chi connectivity index (χ4n) is 1.93. The number of rotatable bonds is 4. The zero-order chi connectivity index (χ0) is 14.2. The van der Waals surface area contributed by atoms with Crippen molar-refractivity contribution in [1.29, 1.82) is 0 Å². The minimum absolute atomic E-state index is 0.168. The molecule has 0 amide bonds. The van der Waals surface area contributed by atoms with Crippen molar-refractivity contribution in [2.45, 2.75) is 12.6 Å². The molecule has 104 valence electrons. The summed E-state index contributed by atoms with van der Waals surface area (Å²) in [5, 5.41) is 9.60. The van der Waals surface area contributed by atoms with Crippen molar-refractivity contribution in [3.05, 3.63) is 27.2 Å². The Morgan fingerprint density at radius 2 is 2.16 bits per heavy atom. The smallest absolute Gasteiger partial charge is 0.332 e. The van der Waals surface area contributed by atoms with E-state index in [1.807, 2.05) is 0 Å². The normalized spacial score (nSPS) is 13.1. The van der Waals surface area contributed by atoms with E-state index < -0.39 is 17.4 Å². The van der Waals surface area contributed by atoms with Crippen molar-refractivity contribution < 1.29 is 9.94 Å². The number of imidazole rings is 1. The molecule has 2 aromatic rings. The van der Waals surface area contributed by atoms with Crippen LogP contribution in [0.25, 0.3) is 11.2 Å². The van der Waals surface area contributed by atoms with Gasteiger partial charge in [-0.1, -0.05) is 0 Å². The van der Waals surface area contributed by atoms with E-state index in [9.17, 15) is 14.7 Å². The summed E-state index contributed by atoms with van der Waals surface area (Å²) in [6.45, 7) is -0.358. The molecule has 0 aliphatic heterocycles. The van der Waals surface area contributed by atoms with Gasteiger partial charge in [-0.3, -0.25) is 13.9 Å². The molecule has 3 N–H and O–H groups in total. The predicted molar refractivity (Wildman–Crippen MR) is 66.4 cm³/mol. The van der Waals surface area contributed by atoms with Crippen molar-refractivity contribution >= 4 is 11.2 Å². The number of nitrogens with two attached hydrogens (primary N) is 1. The van der Waals surface area contributed by atoms with E-state index in [-0.39, 0.29) is 13.2 Å². The van der Waals surface area contributed by atoms with Gasteiger partial charge in [-0.2, -0.15) is 0 Å². The summed E-state index contributed by atoms with van der Waals surface area (Å²) in [6.07, 6.45) is 0.413. The summed E-state index contributed by atoms with van der Waals surface area (Å²) in [4.78, 5) is 32.6. The second-order valence-corrected chi connectivity index (χ2v) is 4.27. The van der Waals surface area contributed by atoms with Crippen LogP contribution in [0.2, 0.25) is 0 Å². The van der Waals surface area contributed by atoms with Crippen molar-refractivity contribution in [2.24, 2.45) is 20.0 Å². The van der Waals surface area contributed by atoms with E-state index in [0.717, 1.165) is 4.57 Å². The van der Waals surface area contributed by atoms with Gasteiger partial charge in [0.1, 0.15) is 0 Å². The minimum atomic E-state index is -1.04. The summed E-state index contributed by atoms with van der Waals surface area (Å²) in [5.41, 5.74) is -0.456. The molecule has 9 heteroatoms.